The van der Waals surface area contributed by atoms with E-state index in [2.05, 4.69) is 0 Å². The minimum atomic E-state index is -1.14. The number of ether oxygens (including phenoxy) is 1. The topological polar surface area (TPSA) is 90.3 Å². The molecule has 2 aliphatic rings. The van der Waals surface area contributed by atoms with E-state index in [9.17, 15) is 19.8 Å². The van der Waals surface area contributed by atoms with Gasteiger partial charge in [0.2, 0.25) is 5.91 Å². The molecule has 1 heterocycles. The van der Waals surface area contributed by atoms with Gasteiger partial charge in [0.15, 0.2) is 0 Å². The van der Waals surface area contributed by atoms with E-state index in [4.69, 9.17) is 16.3 Å². The van der Waals surface area contributed by atoms with Crippen molar-refractivity contribution >= 4 is 23.6 Å². The molecule has 2 fully saturated rings. The number of carboxylic acid groups (broad SMARTS) is 1. The van der Waals surface area contributed by atoms with Crippen LogP contribution in [0.1, 0.15) is 81.8 Å². The van der Waals surface area contributed by atoms with Crippen LogP contribution in [-0.2, 0) is 11.4 Å². The van der Waals surface area contributed by atoms with Gasteiger partial charge in [-0.1, -0.05) is 80.6 Å². The minimum absolute atomic E-state index is 0.0928. The predicted molar refractivity (Wildman–Crippen MR) is 152 cm³/mol. The third-order valence-electron chi connectivity index (χ3n) is 8.25. The number of piperidine rings is 1. The normalized spacial score (nSPS) is 18.4. The van der Waals surface area contributed by atoms with Crippen molar-refractivity contribution in [3.63, 3.8) is 0 Å². The van der Waals surface area contributed by atoms with E-state index in [-0.39, 0.29) is 11.9 Å². The molecule has 0 radical (unpaired) electrons. The molecule has 2 amide bonds. The number of hydrogen-bond acceptors (Lipinski definition) is 4. The van der Waals surface area contributed by atoms with Gasteiger partial charge >= 0.3 is 6.09 Å². The zero-order valence-corrected chi connectivity index (χ0v) is 23.6. The summed E-state index contributed by atoms with van der Waals surface area (Å²) in [5, 5.41) is 21.9. The third-order valence-corrected chi connectivity index (χ3v) is 8.54. The number of halogens is 1. The number of benzene rings is 2. The van der Waals surface area contributed by atoms with Gasteiger partial charge in [-0.3, -0.25) is 4.79 Å². The summed E-state index contributed by atoms with van der Waals surface area (Å²) in [4.78, 5) is 29.2. The third kappa shape index (κ3) is 7.25. The Morgan fingerprint density at radius 1 is 1.10 bits per heavy atom. The minimum Gasteiger partial charge on any atom is -0.487 e. The number of likely N-dealkylation sites (tertiary alicyclic amines) is 1. The quantitative estimate of drug-likeness (QED) is 0.350. The number of amides is 2. The first-order valence-electron chi connectivity index (χ1n) is 14.3. The van der Waals surface area contributed by atoms with Gasteiger partial charge < -0.3 is 24.7 Å². The summed E-state index contributed by atoms with van der Waals surface area (Å²) in [7, 11) is 0. The van der Waals surface area contributed by atoms with Crippen molar-refractivity contribution in [3.8, 4) is 5.75 Å². The molecule has 0 bridgehead atoms. The number of carbonyl (C=O) groups is 2. The smallest absolute Gasteiger partial charge is 0.407 e. The lowest BCUT2D eigenvalue weighted by Crippen LogP contribution is -2.53. The van der Waals surface area contributed by atoms with E-state index in [1.807, 2.05) is 43.3 Å². The van der Waals surface area contributed by atoms with Gasteiger partial charge in [-0.25, -0.2) is 4.79 Å². The second-order valence-corrected chi connectivity index (χ2v) is 11.4. The van der Waals surface area contributed by atoms with Crippen LogP contribution in [0.5, 0.6) is 5.75 Å². The van der Waals surface area contributed by atoms with Gasteiger partial charge in [-0.2, -0.15) is 0 Å². The summed E-state index contributed by atoms with van der Waals surface area (Å²) in [6.07, 6.45) is 5.98. The van der Waals surface area contributed by atoms with E-state index < -0.39 is 17.6 Å². The summed E-state index contributed by atoms with van der Waals surface area (Å²) >= 11 is 6.65. The van der Waals surface area contributed by atoms with Crippen molar-refractivity contribution in [2.45, 2.75) is 88.9 Å². The second-order valence-electron chi connectivity index (χ2n) is 10.9. The highest BCUT2D eigenvalue weighted by Crippen LogP contribution is 2.43. The fourth-order valence-electron chi connectivity index (χ4n) is 6.03. The van der Waals surface area contributed by atoms with Crippen molar-refractivity contribution in [1.29, 1.82) is 0 Å². The van der Waals surface area contributed by atoms with Gasteiger partial charge in [0.1, 0.15) is 12.4 Å². The van der Waals surface area contributed by atoms with Crippen LogP contribution in [0.4, 0.5) is 4.79 Å². The van der Waals surface area contributed by atoms with Gasteiger partial charge in [0, 0.05) is 25.7 Å². The zero-order valence-electron chi connectivity index (χ0n) is 22.9. The molecule has 0 aromatic heterocycles. The summed E-state index contributed by atoms with van der Waals surface area (Å²) in [6, 6.07) is 15.1. The average molecular weight is 557 g/mol. The first-order chi connectivity index (χ1) is 18.8. The van der Waals surface area contributed by atoms with Crippen LogP contribution in [0, 0.1) is 0 Å². The van der Waals surface area contributed by atoms with E-state index in [0.29, 0.717) is 68.3 Å². The maximum absolute atomic E-state index is 14.1. The van der Waals surface area contributed by atoms with E-state index in [1.165, 1.54) is 4.90 Å². The number of nitrogens with zero attached hydrogens (tertiary/aromatic N) is 2. The molecule has 2 aromatic carbocycles. The Kier molecular flexibility index (Phi) is 10.1. The van der Waals surface area contributed by atoms with Crippen LogP contribution in [0.2, 0.25) is 5.02 Å². The van der Waals surface area contributed by atoms with Crippen molar-refractivity contribution in [2.75, 3.05) is 19.6 Å². The van der Waals surface area contributed by atoms with Crippen LogP contribution in [0.15, 0.2) is 48.5 Å². The average Bonchev–Trinajstić information content (AvgIpc) is 2.94. The SMILES string of the molecule is CCCCN(C(=O)O)C1CCN(C(=O)C(c2ccc(OCc3ccccc3)c(Cl)c2)C2(O)CCCCC2)CC1. The molecular formula is C31H41ClN2O5. The van der Waals surface area contributed by atoms with E-state index >= 15 is 0 Å². The van der Waals surface area contributed by atoms with Crippen LogP contribution in [-0.4, -0.2) is 63.3 Å². The van der Waals surface area contributed by atoms with Gasteiger partial charge in [0.25, 0.3) is 0 Å². The van der Waals surface area contributed by atoms with Gasteiger partial charge in [0.05, 0.1) is 16.5 Å². The van der Waals surface area contributed by atoms with Crippen LogP contribution in [0.3, 0.4) is 0 Å². The standard InChI is InChI=1S/C31H41ClN2O5/c1-2-3-18-34(30(36)37)25-14-19-33(20-15-25)29(35)28(31(38)16-8-5-9-17-31)24-12-13-27(26(32)21-24)39-22-23-10-6-4-7-11-23/h4,6-7,10-13,21,25,28,38H,2-3,5,8-9,14-20,22H2,1H3,(H,36,37). The Labute approximate surface area is 236 Å². The molecule has 1 atom stereocenters. The fourth-order valence-corrected chi connectivity index (χ4v) is 6.27. The Morgan fingerprint density at radius 3 is 2.41 bits per heavy atom. The Balaban J connectivity index is 1.51. The van der Waals surface area contributed by atoms with Crippen LogP contribution >= 0.6 is 11.6 Å². The molecule has 7 nitrogen and oxygen atoms in total. The summed E-state index contributed by atoms with van der Waals surface area (Å²) in [5.41, 5.74) is 0.580. The second kappa shape index (κ2) is 13.5. The lowest BCUT2D eigenvalue weighted by atomic mass is 9.72. The lowest BCUT2D eigenvalue weighted by Gasteiger charge is -2.43. The summed E-state index contributed by atoms with van der Waals surface area (Å²) in [6.45, 7) is 3.89. The molecule has 0 spiro atoms. The van der Waals surface area contributed by atoms with E-state index in [0.717, 1.165) is 37.7 Å². The molecule has 1 unspecified atom stereocenters. The van der Waals surface area contributed by atoms with Crippen LogP contribution < -0.4 is 4.74 Å². The molecule has 4 rings (SSSR count). The predicted octanol–water partition coefficient (Wildman–Crippen LogP) is 6.47. The van der Waals surface area contributed by atoms with Crippen molar-refractivity contribution in [1.82, 2.24) is 9.80 Å². The Morgan fingerprint density at radius 2 is 1.79 bits per heavy atom. The highest BCUT2D eigenvalue weighted by atomic mass is 35.5. The molecule has 212 valence electrons. The number of hydrogen-bond donors (Lipinski definition) is 2. The summed E-state index contributed by atoms with van der Waals surface area (Å²) in [5.74, 6) is -0.305. The number of rotatable bonds is 10. The highest BCUT2D eigenvalue weighted by molar-refractivity contribution is 6.32. The maximum Gasteiger partial charge on any atom is 0.407 e. The van der Waals surface area contributed by atoms with Crippen molar-refractivity contribution in [3.05, 3.63) is 64.7 Å². The molecule has 1 aliphatic carbocycles. The molecule has 2 N–H and O–H groups in total. The molecule has 8 heteroatoms. The van der Waals surface area contributed by atoms with E-state index in [1.54, 1.807) is 17.0 Å². The Bertz CT molecular complexity index is 1100. The van der Waals surface area contributed by atoms with Gasteiger partial charge in [-0.05, 0) is 55.4 Å². The lowest BCUT2D eigenvalue weighted by molar-refractivity contribution is -0.143. The number of aliphatic hydroxyl groups is 1. The molecule has 2 aromatic rings. The fraction of sp³-hybridized carbons (Fsp3) is 0.548. The molecule has 39 heavy (non-hydrogen) atoms. The Hall–Kier alpha value is -2.77. The summed E-state index contributed by atoms with van der Waals surface area (Å²) < 4.78 is 5.94. The number of carbonyl (C=O) groups excluding carboxylic acids is 1. The molecular weight excluding hydrogens is 516 g/mol. The first kappa shape index (κ1) is 29.2. The maximum atomic E-state index is 14.1. The van der Waals surface area contributed by atoms with Crippen molar-refractivity contribution < 1.29 is 24.5 Å². The molecule has 1 saturated carbocycles. The largest absolute Gasteiger partial charge is 0.487 e. The molecule has 1 saturated heterocycles. The first-order valence-corrected chi connectivity index (χ1v) is 14.7. The van der Waals surface area contributed by atoms with Crippen LogP contribution in [0.25, 0.3) is 0 Å². The molecule has 1 aliphatic heterocycles. The van der Waals surface area contributed by atoms with Gasteiger partial charge in [-0.15, -0.1) is 0 Å². The highest BCUT2D eigenvalue weighted by Gasteiger charge is 2.45. The number of unbranched alkanes of at least 4 members (excludes halogenated alkanes) is 1. The zero-order chi connectivity index (χ0) is 27.8. The monoisotopic (exact) mass is 556 g/mol. The van der Waals surface area contributed by atoms with Crippen molar-refractivity contribution in [2.24, 2.45) is 0 Å².